The molecule has 7 nitrogen and oxygen atoms in total. The lowest BCUT2D eigenvalue weighted by Gasteiger charge is -2.25. The summed E-state index contributed by atoms with van der Waals surface area (Å²) in [4.78, 5) is 11.8. The van der Waals surface area contributed by atoms with E-state index in [1.54, 1.807) is 32.4 Å². The monoisotopic (exact) mass is 502 g/mol. The molecule has 2 atom stereocenters. The van der Waals surface area contributed by atoms with Crippen molar-refractivity contribution in [3.63, 3.8) is 0 Å². The third kappa shape index (κ3) is 7.29. The summed E-state index contributed by atoms with van der Waals surface area (Å²) < 4.78 is 41.6. The van der Waals surface area contributed by atoms with Crippen LogP contribution in [-0.4, -0.2) is 63.9 Å². The van der Waals surface area contributed by atoms with Crippen molar-refractivity contribution in [1.29, 1.82) is 0 Å². The average molecular weight is 503 g/mol. The number of hydrogen-bond donors (Lipinski definition) is 1. The van der Waals surface area contributed by atoms with Gasteiger partial charge in [-0.1, -0.05) is 32.1 Å². The Hall–Kier alpha value is -2.94. The summed E-state index contributed by atoms with van der Waals surface area (Å²) in [5.74, 6) is 0.383. The number of halogens is 1. The van der Waals surface area contributed by atoms with Crippen molar-refractivity contribution in [2.24, 2.45) is 0 Å². The van der Waals surface area contributed by atoms with E-state index in [0.29, 0.717) is 44.3 Å². The third-order valence-electron chi connectivity index (χ3n) is 5.86. The average Bonchev–Trinajstić information content (AvgIpc) is 2.84. The zero-order chi connectivity index (χ0) is 26.1. The Morgan fingerprint density at radius 1 is 1.14 bits per heavy atom. The molecule has 2 aromatic rings. The number of hydrogen-bond acceptors (Lipinski definition) is 7. The minimum Gasteiger partial charge on any atom is -0.492 e. The summed E-state index contributed by atoms with van der Waals surface area (Å²) in [5.41, 5.74) is 3.30. The molecule has 0 spiro atoms. The molecule has 0 aromatic heterocycles. The van der Waals surface area contributed by atoms with Gasteiger partial charge in [0.2, 0.25) is 0 Å². The number of esters is 1. The molecule has 0 amide bonds. The van der Waals surface area contributed by atoms with Crippen molar-refractivity contribution < 1.29 is 38.0 Å². The molecule has 0 saturated carbocycles. The second-order valence-electron chi connectivity index (χ2n) is 8.88. The maximum Gasteiger partial charge on any atom is 0.309 e. The molecule has 1 heterocycles. The van der Waals surface area contributed by atoms with Gasteiger partial charge in [-0.2, -0.15) is 0 Å². The minimum absolute atomic E-state index is 0.00252. The van der Waals surface area contributed by atoms with Crippen molar-refractivity contribution in [3.05, 3.63) is 53.4 Å². The minimum atomic E-state index is -0.738. The molecular weight excluding hydrogens is 467 g/mol. The third-order valence-corrected chi connectivity index (χ3v) is 5.86. The number of rotatable bonds is 12. The summed E-state index contributed by atoms with van der Waals surface area (Å²) in [6, 6.07) is 8.11. The molecule has 1 aliphatic rings. The SMILES string of the molecule is COCCOCCOc1cc(C(C)C)c(C=C[C@@H]2C[C@@H](O)CC(=O)O2)c(-c2ccc(F)cc2)c1OC. The van der Waals surface area contributed by atoms with Gasteiger partial charge in [-0.05, 0) is 46.9 Å². The predicted octanol–water partition coefficient (Wildman–Crippen LogP) is 4.75. The normalized spacial score (nSPS) is 18.0. The van der Waals surface area contributed by atoms with Crippen molar-refractivity contribution in [3.8, 4) is 22.6 Å². The van der Waals surface area contributed by atoms with E-state index in [1.807, 2.05) is 12.1 Å². The lowest BCUT2D eigenvalue weighted by molar-refractivity contribution is -0.156. The van der Waals surface area contributed by atoms with Gasteiger partial charge in [0.25, 0.3) is 0 Å². The van der Waals surface area contributed by atoms with Crippen LogP contribution in [0.25, 0.3) is 17.2 Å². The first-order chi connectivity index (χ1) is 17.3. The van der Waals surface area contributed by atoms with Crippen LogP contribution < -0.4 is 9.47 Å². The predicted molar refractivity (Wildman–Crippen MR) is 135 cm³/mol. The lowest BCUT2D eigenvalue weighted by Crippen LogP contribution is -2.31. The highest BCUT2D eigenvalue weighted by atomic mass is 19.1. The molecular formula is C28H35FO7. The number of cyclic esters (lactones) is 1. The lowest BCUT2D eigenvalue weighted by atomic mass is 9.88. The van der Waals surface area contributed by atoms with E-state index in [0.717, 1.165) is 22.3 Å². The van der Waals surface area contributed by atoms with Crippen LogP contribution in [-0.2, 0) is 19.0 Å². The molecule has 1 saturated heterocycles. The van der Waals surface area contributed by atoms with Crippen LogP contribution in [0.2, 0.25) is 0 Å². The topological polar surface area (TPSA) is 83.5 Å². The first-order valence-corrected chi connectivity index (χ1v) is 12.1. The van der Waals surface area contributed by atoms with E-state index in [4.69, 9.17) is 23.7 Å². The first-order valence-electron chi connectivity index (χ1n) is 12.1. The fourth-order valence-corrected chi connectivity index (χ4v) is 4.13. The van der Waals surface area contributed by atoms with Gasteiger partial charge >= 0.3 is 5.97 Å². The molecule has 0 bridgehead atoms. The molecule has 196 valence electrons. The van der Waals surface area contributed by atoms with E-state index in [9.17, 15) is 14.3 Å². The van der Waals surface area contributed by atoms with Crippen LogP contribution >= 0.6 is 0 Å². The molecule has 1 fully saturated rings. The highest BCUT2D eigenvalue weighted by molar-refractivity contribution is 5.85. The van der Waals surface area contributed by atoms with Gasteiger partial charge in [-0.15, -0.1) is 0 Å². The molecule has 0 radical (unpaired) electrons. The number of benzene rings is 2. The first kappa shape index (κ1) is 27.6. The molecule has 1 N–H and O–H groups in total. The Balaban J connectivity index is 2.05. The van der Waals surface area contributed by atoms with E-state index in [1.165, 1.54) is 12.1 Å². The second-order valence-corrected chi connectivity index (χ2v) is 8.88. The zero-order valence-corrected chi connectivity index (χ0v) is 21.3. The summed E-state index contributed by atoms with van der Waals surface area (Å²) in [6.07, 6.45) is 2.69. The number of aliphatic hydroxyl groups is 1. The van der Waals surface area contributed by atoms with E-state index in [-0.39, 0.29) is 18.2 Å². The Labute approximate surface area is 211 Å². The molecule has 36 heavy (non-hydrogen) atoms. The Kier molecular flexibility index (Phi) is 10.3. The molecule has 8 heteroatoms. The molecule has 2 aromatic carbocycles. The van der Waals surface area contributed by atoms with Crippen LogP contribution in [0.3, 0.4) is 0 Å². The highest BCUT2D eigenvalue weighted by Gasteiger charge is 2.26. The van der Waals surface area contributed by atoms with E-state index < -0.39 is 18.2 Å². The van der Waals surface area contributed by atoms with Crippen molar-refractivity contribution >= 4 is 12.0 Å². The summed E-state index contributed by atoms with van der Waals surface area (Å²) in [6.45, 7) is 5.80. The number of methoxy groups -OCH3 is 2. The highest BCUT2D eigenvalue weighted by Crippen LogP contribution is 2.45. The number of aliphatic hydroxyl groups excluding tert-OH is 1. The van der Waals surface area contributed by atoms with Gasteiger partial charge in [0.05, 0.1) is 39.5 Å². The van der Waals surface area contributed by atoms with Crippen molar-refractivity contribution in [1.82, 2.24) is 0 Å². The summed E-state index contributed by atoms with van der Waals surface area (Å²) in [5, 5.41) is 9.99. The molecule has 3 rings (SSSR count). The standard InChI is InChI=1S/C28H35FO7/c1-18(2)24-17-25(35-14-13-34-12-11-32-3)28(33-4)27(19-5-7-20(29)8-6-19)23(24)10-9-22-15-21(30)16-26(31)36-22/h5-10,17-18,21-22,30H,11-16H2,1-4H3/t21-,22-/m1/s1. The van der Waals surface area contributed by atoms with Gasteiger partial charge in [-0.3, -0.25) is 4.79 Å². The summed E-state index contributed by atoms with van der Waals surface area (Å²) >= 11 is 0. The van der Waals surface area contributed by atoms with Crippen molar-refractivity contribution in [2.75, 3.05) is 40.6 Å². The molecule has 1 aliphatic heterocycles. The quantitative estimate of drug-likeness (QED) is 0.331. The maximum absolute atomic E-state index is 13.8. The van der Waals surface area contributed by atoms with Crippen LogP contribution in [0.4, 0.5) is 4.39 Å². The largest absolute Gasteiger partial charge is 0.492 e. The van der Waals surface area contributed by atoms with Gasteiger partial charge in [0.1, 0.15) is 18.5 Å². The van der Waals surface area contributed by atoms with Crippen LogP contribution in [0.5, 0.6) is 11.5 Å². The number of carbonyl (C=O) groups is 1. The van der Waals surface area contributed by atoms with Crippen LogP contribution in [0.1, 0.15) is 43.7 Å². The fourth-order valence-electron chi connectivity index (χ4n) is 4.13. The van der Waals surface area contributed by atoms with Gasteiger partial charge in [0, 0.05) is 19.1 Å². The summed E-state index contributed by atoms with van der Waals surface area (Å²) in [7, 11) is 3.18. The van der Waals surface area contributed by atoms with Gasteiger partial charge in [0.15, 0.2) is 11.5 Å². The Bertz CT molecular complexity index is 1030. The van der Waals surface area contributed by atoms with Gasteiger partial charge < -0.3 is 28.8 Å². The zero-order valence-electron chi connectivity index (χ0n) is 21.3. The van der Waals surface area contributed by atoms with Crippen LogP contribution in [0.15, 0.2) is 36.4 Å². The van der Waals surface area contributed by atoms with E-state index in [2.05, 4.69) is 13.8 Å². The molecule has 0 unspecified atom stereocenters. The second kappa shape index (κ2) is 13.4. The van der Waals surface area contributed by atoms with Crippen LogP contribution in [0, 0.1) is 5.82 Å². The molecule has 0 aliphatic carbocycles. The smallest absolute Gasteiger partial charge is 0.309 e. The Morgan fingerprint density at radius 3 is 2.50 bits per heavy atom. The number of carbonyl (C=O) groups excluding carboxylic acids is 1. The maximum atomic E-state index is 13.8. The Morgan fingerprint density at radius 2 is 1.86 bits per heavy atom. The van der Waals surface area contributed by atoms with Gasteiger partial charge in [-0.25, -0.2) is 4.39 Å². The fraction of sp³-hybridized carbons (Fsp3) is 0.464. The number of ether oxygens (including phenoxy) is 5. The van der Waals surface area contributed by atoms with E-state index >= 15 is 0 Å². The van der Waals surface area contributed by atoms with Crippen molar-refractivity contribution in [2.45, 2.75) is 44.8 Å².